The number of aryl methyl sites for hydroxylation is 1. The molecule has 3 aromatic rings. The van der Waals surface area contributed by atoms with E-state index < -0.39 is 5.97 Å². The Morgan fingerprint density at radius 1 is 1.30 bits per heavy atom. The molecule has 1 aromatic carbocycles. The molecule has 0 atom stereocenters. The van der Waals surface area contributed by atoms with Crippen molar-refractivity contribution in [3.05, 3.63) is 58.0 Å². The van der Waals surface area contributed by atoms with Crippen molar-refractivity contribution in [1.82, 2.24) is 14.6 Å². The Morgan fingerprint density at radius 2 is 2.00 bits per heavy atom. The molecule has 0 aliphatic heterocycles. The maximum atomic E-state index is 12.0. The van der Waals surface area contributed by atoms with E-state index in [2.05, 4.69) is 10.1 Å². The Balaban J connectivity index is 2.27. The van der Waals surface area contributed by atoms with E-state index >= 15 is 0 Å². The third-order valence-corrected chi connectivity index (χ3v) is 3.08. The molecule has 0 radical (unpaired) electrons. The Hall–Kier alpha value is -2.89. The molecule has 0 fully saturated rings. The van der Waals surface area contributed by atoms with Crippen LogP contribution >= 0.6 is 0 Å². The lowest BCUT2D eigenvalue weighted by Crippen LogP contribution is -2.15. The number of hydrogen-bond acceptors (Lipinski definition) is 3. The molecule has 2 aromatic heterocycles. The van der Waals surface area contributed by atoms with E-state index in [9.17, 15) is 9.59 Å². The number of fused-ring (bicyclic) bond motifs is 1. The largest absolute Gasteiger partial charge is 0.477 e. The van der Waals surface area contributed by atoms with Crippen molar-refractivity contribution in [2.45, 2.75) is 6.92 Å². The van der Waals surface area contributed by atoms with E-state index in [4.69, 9.17) is 5.11 Å². The first kappa shape index (κ1) is 12.2. The van der Waals surface area contributed by atoms with Gasteiger partial charge in [0.25, 0.3) is 5.56 Å². The lowest BCUT2D eigenvalue weighted by Gasteiger charge is -2.02. The fraction of sp³-hybridized carbons (Fsp3) is 0.0714. The summed E-state index contributed by atoms with van der Waals surface area (Å²) in [7, 11) is 0. The first-order valence-corrected chi connectivity index (χ1v) is 5.98. The summed E-state index contributed by atoms with van der Waals surface area (Å²) in [6.45, 7) is 1.96. The second kappa shape index (κ2) is 4.34. The minimum atomic E-state index is -1.13. The molecule has 2 N–H and O–H groups in total. The minimum absolute atomic E-state index is 0.0314. The molecule has 3 rings (SSSR count). The highest BCUT2D eigenvalue weighted by molar-refractivity contribution is 5.94. The van der Waals surface area contributed by atoms with E-state index in [-0.39, 0.29) is 16.8 Å². The number of hydrogen-bond donors (Lipinski definition) is 2. The van der Waals surface area contributed by atoms with Gasteiger partial charge in [0, 0.05) is 17.8 Å². The van der Waals surface area contributed by atoms with Crippen LogP contribution in [0.25, 0.3) is 16.9 Å². The standard InChI is InChI=1S/C14H11N3O3/c1-8-2-4-9(5-3-8)11-6-12(18)17-13(16-11)10(7-15-17)14(19)20/h2-7,15H,1H3,(H,19,20). The lowest BCUT2D eigenvalue weighted by molar-refractivity contribution is 0.0699. The molecule has 0 spiro atoms. The number of carboxylic acid groups (broad SMARTS) is 1. The van der Waals surface area contributed by atoms with Crippen LogP contribution in [-0.4, -0.2) is 25.7 Å². The minimum Gasteiger partial charge on any atom is -0.477 e. The Morgan fingerprint density at radius 3 is 2.65 bits per heavy atom. The fourth-order valence-corrected chi connectivity index (χ4v) is 2.01. The van der Waals surface area contributed by atoms with Crippen LogP contribution in [0.4, 0.5) is 0 Å². The zero-order chi connectivity index (χ0) is 14.3. The summed E-state index contributed by atoms with van der Waals surface area (Å²) in [4.78, 5) is 27.3. The number of rotatable bonds is 2. The molecule has 0 amide bonds. The molecule has 6 heteroatoms. The van der Waals surface area contributed by atoms with Crippen LogP contribution in [0.3, 0.4) is 0 Å². The Kier molecular flexibility index (Phi) is 2.64. The van der Waals surface area contributed by atoms with Crippen molar-refractivity contribution in [1.29, 1.82) is 0 Å². The van der Waals surface area contributed by atoms with Crippen LogP contribution in [0.1, 0.15) is 15.9 Å². The molecule has 6 nitrogen and oxygen atoms in total. The molecular weight excluding hydrogens is 258 g/mol. The van der Waals surface area contributed by atoms with E-state index in [1.165, 1.54) is 12.3 Å². The second-order valence-electron chi connectivity index (χ2n) is 4.50. The maximum absolute atomic E-state index is 12.0. The van der Waals surface area contributed by atoms with Crippen molar-refractivity contribution in [3.8, 4) is 11.3 Å². The van der Waals surface area contributed by atoms with Gasteiger partial charge in [0.1, 0.15) is 5.56 Å². The summed E-state index contributed by atoms with van der Waals surface area (Å²) in [5.74, 6) is -1.13. The molecule has 0 aliphatic carbocycles. The topological polar surface area (TPSA) is 87.5 Å². The van der Waals surface area contributed by atoms with Gasteiger partial charge in [-0.25, -0.2) is 14.3 Å². The van der Waals surface area contributed by atoms with Crippen molar-refractivity contribution < 1.29 is 9.90 Å². The number of aromatic carboxylic acids is 1. The van der Waals surface area contributed by atoms with Gasteiger partial charge in [-0.1, -0.05) is 29.8 Å². The third-order valence-electron chi connectivity index (χ3n) is 3.08. The van der Waals surface area contributed by atoms with Gasteiger partial charge in [-0.2, -0.15) is 0 Å². The number of H-pyrrole nitrogens is 1. The van der Waals surface area contributed by atoms with Crippen molar-refractivity contribution >= 4 is 11.6 Å². The fourth-order valence-electron chi connectivity index (χ4n) is 2.01. The van der Waals surface area contributed by atoms with Gasteiger partial charge >= 0.3 is 5.97 Å². The van der Waals surface area contributed by atoms with E-state index in [1.54, 1.807) is 0 Å². The summed E-state index contributed by atoms with van der Waals surface area (Å²) in [5, 5.41) is 11.7. The number of aromatic amines is 1. The highest BCUT2D eigenvalue weighted by atomic mass is 16.4. The zero-order valence-electron chi connectivity index (χ0n) is 10.6. The Bertz CT molecular complexity index is 859. The summed E-state index contributed by atoms with van der Waals surface area (Å²) in [5.41, 5.74) is 2.05. The first-order chi connectivity index (χ1) is 9.56. The second-order valence-corrected chi connectivity index (χ2v) is 4.50. The van der Waals surface area contributed by atoms with Crippen molar-refractivity contribution in [2.24, 2.45) is 0 Å². The number of benzene rings is 1. The van der Waals surface area contributed by atoms with E-state index in [0.29, 0.717) is 5.69 Å². The summed E-state index contributed by atoms with van der Waals surface area (Å²) >= 11 is 0. The predicted octanol–water partition coefficient (Wildman–Crippen LogP) is 1.70. The first-order valence-electron chi connectivity index (χ1n) is 5.98. The molecule has 0 aliphatic rings. The molecule has 0 bridgehead atoms. The monoisotopic (exact) mass is 269 g/mol. The molecule has 2 heterocycles. The SMILES string of the molecule is Cc1ccc(-c2cc(=O)n3[nH]cc(C(=O)O)c3n2)cc1. The highest BCUT2D eigenvalue weighted by Crippen LogP contribution is 2.17. The van der Waals surface area contributed by atoms with E-state index in [1.807, 2.05) is 31.2 Å². The van der Waals surface area contributed by atoms with Gasteiger partial charge in [-0.3, -0.25) is 9.89 Å². The molecule has 0 saturated heterocycles. The lowest BCUT2D eigenvalue weighted by atomic mass is 10.1. The third kappa shape index (κ3) is 1.87. The quantitative estimate of drug-likeness (QED) is 0.741. The summed E-state index contributed by atoms with van der Waals surface area (Å²) < 4.78 is 1.11. The van der Waals surface area contributed by atoms with Crippen molar-refractivity contribution in [2.75, 3.05) is 0 Å². The number of carboxylic acids is 1. The zero-order valence-corrected chi connectivity index (χ0v) is 10.6. The molecule has 0 saturated carbocycles. The highest BCUT2D eigenvalue weighted by Gasteiger charge is 2.14. The summed E-state index contributed by atoms with van der Waals surface area (Å²) in [6.07, 6.45) is 1.25. The smallest absolute Gasteiger partial charge is 0.341 e. The van der Waals surface area contributed by atoms with Gasteiger partial charge in [-0.15, -0.1) is 0 Å². The maximum Gasteiger partial charge on any atom is 0.341 e. The van der Waals surface area contributed by atoms with Crippen molar-refractivity contribution in [3.63, 3.8) is 0 Å². The van der Waals surface area contributed by atoms with Gasteiger partial charge in [0.05, 0.1) is 5.69 Å². The van der Waals surface area contributed by atoms with E-state index in [0.717, 1.165) is 15.6 Å². The van der Waals surface area contributed by atoms with Gasteiger partial charge in [-0.05, 0) is 6.92 Å². The van der Waals surface area contributed by atoms with Gasteiger partial charge in [0.15, 0.2) is 5.65 Å². The van der Waals surface area contributed by atoms with Gasteiger partial charge in [0.2, 0.25) is 0 Å². The average molecular weight is 269 g/mol. The predicted molar refractivity (Wildman–Crippen MR) is 72.9 cm³/mol. The summed E-state index contributed by atoms with van der Waals surface area (Å²) in [6, 6.07) is 8.89. The van der Waals surface area contributed by atoms with Crippen LogP contribution in [0.15, 0.2) is 41.3 Å². The van der Waals surface area contributed by atoms with Crippen LogP contribution in [-0.2, 0) is 0 Å². The van der Waals surface area contributed by atoms with Crippen LogP contribution in [0.2, 0.25) is 0 Å². The van der Waals surface area contributed by atoms with Crippen LogP contribution < -0.4 is 5.56 Å². The number of nitrogens with zero attached hydrogens (tertiary/aromatic N) is 2. The Labute approximate surface area is 113 Å². The molecule has 100 valence electrons. The normalized spacial score (nSPS) is 10.8. The van der Waals surface area contributed by atoms with Crippen LogP contribution in [0, 0.1) is 6.92 Å². The van der Waals surface area contributed by atoms with Gasteiger partial charge < -0.3 is 5.11 Å². The molecule has 20 heavy (non-hydrogen) atoms. The number of carbonyl (C=O) groups is 1. The molecular formula is C14H11N3O3. The number of nitrogens with one attached hydrogen (secondary N) is 1. The van der Waals surface area contributed by atoms with Crippen LogP contribution in [0.5, 0.6) is 0 Å². The average Bonchev–Trinajstić information content (AvgIpc) is 2.84. The molecule has 0 unspecified atom stereocenters. The number of aromatic nitrogens is 3.